The third-order valence-electron chi connectivity index (χ3n) is 1.86. The minimum Gasteiger partial charge on any atom is -0.382 e. The third kappa shape index (κ3) is 8.02. The van der Waals surface area contributed by atoms with Crippen LogP contribution in [0.25, 0.3) is 0 Å². The molecule has 0 aliphatic carbocycles. The van der Waals surface area contributed by atoms with Gasteiger partial charge in [-0.25, -0.2) is 0 Å². The lowest BCUT2D eigenvalue weighted by atomic mass is 10.3. The fraction of sp³-hybridized carbons (Fsp3) is 1.00. The van der Waals surface area contributed by atoms with Crippen molar-refractivity contribution >= 4 is 0 Å². The summed E-state index contributed by atoms with van der Waals surface area (Å²) in [5, 5.41) is 0. The van der Waals surface area contributed by atoms with E-state index in [0.29, 0.717) is 6.10 Å². The van der Waals surface area contributed by atoms with Crippen molar-refractivity contribution in [3.63, 3.8) is 0 Å². The van der Waals surface area contributed by atoms with Crippen LogP contribution in [-0.2, 0) is 9.47 Å². The molecule has 0 aromatic heterocycles. The zero-order valence-corrected chi connectivity index (χ0v) is 8.64. The summed E-state index contributed by atoms with van der Waals surface area (Å²) < 4.78 is 10.7. The summed E-state index contributed by atoms with van der Waals surface area (Å²) in [6, 6.07) is 0. The van der Waals surface area contributed by atoms with Crippen LogP contribution in [0.15, 0.2) is 0 Å². The average molecular weight is 174 g/mol. The van der Waals surface area contributed by atoms with Gasteiger partial charge in [-0.2, -0.15) is 0 Å². The molecule has 0 saturated carbocycles. The SMILES string of the molecule is CCOCCCCOC(C)CC. The van der Waals surface area contributed by atoms with Gasteiger partial charge in [0.15, 0.2) is 0 Å². The van der Waals surface area contributed by atoms with Gasteiger partial charge in [0.1, 0.15) is 0 Å². The summed E-state index contributed by atoms with van der Waals surface area (Å²) in [6.45, 7) is 8.86. The molecule has 1 atom stereocenters. The van der Waals surface area contributed by atoms with Crippen LogP contribution in [0.1, 0.15) is 40.0 Å². The Balaban J connectivity index is 2.90. The standard InChI is InChI=1S/C10H22O2/c1-4-10(3)12-9-7-6-8-11-5-2/h10H,4-9H2,1-3H3. The highest BCUT2D eigenvalue weighted by atomic mass is 16.5. The van der Waals surface area contributed by atoms with Gasteiger partial charge in [-0.3, -0.25) is 0 Å². The molecule has 0 amide bonds. The molecule has 0 bridgehead atoms. The molecular formula is C10H22O2. The maximum Gasteiger partial charge on any atom is 0.0544 e. The summed E-state index contributed by atoms with van der Waals surface area (Å²) >= 11 is 0. The molecule has 0 aliphatic rings. The van der Waals surface area contributed by atoms with E-state index in [1.165, 1.54) is 0 Å². The summed E-state index contributed by atoms with van der Waals surface area (Å²) in [5.74, 6) is 0. The summed E-state index contributed by atoms with van der Waals surface area (Å²) in [4.78, 5) is 0. The third-order valence-corrected chi connectivity index (χ3v) is 1.86. The zero-order chi connectivity index (χ0) is 9.23. The molecule has 0 fully saturated rings. The maximum atomic E-state index is 5.52. The second kappa shape index (κ2) is 9.01. The summed E-state index contributed by atoms with van der Waals surface area (Å²) in [6.07, 6.45) is 3.75. The normalized spacial score (nSPS) is 13.2. The van der Waals surface area contributed by atoms with Crippen molar-refractivity contribution in [2.75, 3.05) is 19.8 Å². The lowest BCUT2D eigenvalue weighted by Gasteiger charge is -2.09. The Kier molecular flexibility index (Phi) is 8.95. The van der Waals surface area contributed by atoms with Gasteiger partial charge < -0.3 is 9.47 Å². The fourth-order valence-corrected chi connectivity index (χ4v) is 0.853. The summed E-state index contributed by atoms with van der Waals surface area (Å²) in [7, 11) is 0. The number of hydrogen-bond donors (Lipinski definition) is 0. The fourth-order valence-electron chi connectivity index (χ4n) is 0.853. The molecule has 0 N–H and O–H groups in total. The molecule has 74 valence electrons. The Morgan fingerprint density at radius 1 is 1.08 bits per heavy atom. The van der Waals surface area contributed by atoms with Crippen molar-refractivity contribution in [1.29, 1.82) is 0 Å². The van der Waals surface area contributed by atoms with Gasteiger partial charge in [0, 0.05) is 19.8 Å². The lowest BCUT2D eigenvalue weighted by molar-refractivity contribution is 0.0548. The van der Waals surface area contributed by atoms with E-state index < -0.39 is 0 Å². The maximum absolute atomic E-state index is 5.52. The number of hydrogen-bond acceptors (Lipinski definition) is 2. The van der Waals surface area contributed by atoms with Crippen LogP contribution < -0.4 is 0 Å². The molecule has 0 spiro atoms. The Morgan fingerprint density at radius 3 is 2.33 bits per heavy atom. The topological polar surface area (TPSA) is 18.5 Å². The smallest absolute Gasteiger partial charge is 0.0544 e. The largest absolute Gasteiger partial charge is 0.382 e. The molecule has 0 heterocycles. The van der Waals surface area contributed by atoms with Gasteiger partial charge in [0.25, 0.3) is 0 Å². The molecule has 0 aromatic rings. The molecule has 2 heteroatoms. The van der Waals surface area contributed by atoms with Gasteiger partial charge in [-0.05, 0) is 33.1 Å². The number of unbranched alkanes of at least 4 members (excludes halogenated alkanes) is 1. The van der Waals surface area contributed by atoms with Crippen molar-refractivity contribution in [2.45, 2.75) is 46.1 Å². The minimum absolute atomic E-state index is 0.414. The molecule has 0 radical (unpaired) electrons. The number of rotatable bonds is 8. The first-order chi connectivity index (χ1) is 5.81. The van der Waals surface area contributed by atoms with E-state index in [1.54, 1.807) is 0 Å². The first-order valence-electron chi connectivity index (χ1n) is 5.00. The van der Waals surface area contributed by atoms with Crippen LogP contribution in [0.4, 0.5) is 0 Å². The Hall–Kier alpha value is -0.0800. The molecule has 12 heavy (non-hydrogen) atoms. The van der Waals surface area contributed by atoms with Gasteiger partial charge >= 0.3 is 0 Å². The predicted molar refractivity (Wildman–Crippen MR) is 51.4 cm³/mol. The van der Waals surface area contributed by atoms with Crippen LogP contribution in [0.5, 0.6) is 0 Å². The van der Waals surface area contributed by atoms with Crippen molar-refractivity contribution < 1.29 is 9.47 Å². The second-order valence-electron chi connectivity index (χ2n) is 2.99. The van der Waals surface area contributed by atoms with Crippen LogP contribution in [-0.4, -0.2) is 25.9 Å². The lowest BCUT2D eigenvalue weighted by Crippen LogP contribution is -2.08. The molecular weight excluding hydrogens is 152 g/mol. The molecule has 0 saturated heterocycles. The first kappa shape index (κ1) is 11.9. The minimum atomic E-state index is 0.414. The van der Waals surface area contributed by atoms with E-state index in [1.807, 2.05) is 6.92 Å². The Bertz CT molecular complexity index is 83.9. The van der Waals surface area contributed by atoms with E-state index in [4.69, 9.17) is 9.47 Å². The highest BCUT2D eigenvalue weighted by Gasteiger charge is 1.96. The van der Waals surface area contributed by atoms with E-state index in [-0.39, 0.29) is 0 Å². The van der Waals surface area contributed by atoms with Gasteiger partial charge in [-0.1, -0.05) is 6.92 Å². The highest BCUT2D eigenvalue weighted by molar-refractivity contribution is 4.45. The molecule has 0 aromatic carbocycles. The second-order valence-corrected chi connectivity index (χ2v) is 2.99. The highest BCUT2D eigenvalue weighted by Crippen LogP contribution is 1.98. The quantitative estimate of drug-likeness (QED) is 0.527. The molecule has 0 rings (SSSR count). The van der Waals surface area contributed by atoms with E-state index in [2.05, 4.69) is 13.8 Å². The van der Waals surface area contributed by atoms with Crippen LogP contribution in [0, 0.1) is 0 Å². The van der Waals surface area contributed by atoms with Gasteiger partial charge in [-0.15, -0.1) is 0 Å². The van der Waals surface area contributed by atoms with E-state index >= 15 is 0 Å². The predicted octanol–water partition coefficient (Wildman–Crippen LogP) is 2.62. The summed E-state index contributed by atoms with van der Waals surface area (Å²) in [5.41, 5.74) is 0. The molecule has 1 unspecified atom stereocenters. The molecule has 0 aliphatic heterocycles. The van der Waals surface area contributed by atoms with Crippen LogP contribution in [0.2, 0.25) is 0 Å². The first-order valence-corrected chi connectivity index (χ1v) is 5.00. The Morgan fingerprint density at radius 2 is 1.75 bits per heavy atom. The van der Waals surface area contributed by atoms with Crippen molar-refractivity contribution in [1.82, 2.24) is 0 Å². The van der Waals surface area contributed by atoms with Crippen LogP contribution in [0.3, 0.4) is 0 Å². The Labute approximate surface area is 76.3 Å². The average Bonchev–Trinajstić information content (AvgIpc) is 2.10. The van der Waals surface area contributed by atoms with Crippen LogP contribution >= 0.6 is 0 Å². The number of ether oxygens (including phenoxy) is 2. The van der Waals surface area contributed by atoms with Crippen molar-refractivity contribution in [3.8, 4) is 0 Å². The van der Waals surface area contributed by atoms with E-state index in [9.17, 15) is 0 Å². The monoisotopic (exact) mass is 174 g/mol. The van der Waals surface area contributed by atoms with E-state index in [0.717, 1.165) is 39.1 Å². The van der Waals surface area contributed by atoms with Gasteiger partial charge in [0.2, 0.25) is 0 Å². The van der Waals surface area contributed by atoms with Gasteiger partial charge in [0.05, 0.1) is 6.10 Å². The van der Waals surface area contributed by atoms with Crippen molar-refractivity contribution in [2.24, 2.45) is 0 Å². The zero-order valence-electron chi connectivity index (χ0n) is 8.64. The molecule has 2 nitrogen and oxygen atoms in total. The van der Waals surface area contributed by atoms with Crippen molar-refractivity contribution in [3.05, 3.63) is 0 Å².